The Kier molecular flexibility index (Phi) is 8.19. The van der Waals surface area contributed by atoms with Gasteiger partial charge in [0, 0.05) is 6.10 Å². The molecular formula is C28H36O4SSi. The van der Waals surface area contributed by atoms with E-state index in [1.807, 2.05) is 25.1 Å². The minimum absolute atomic E-state index is 0.00124. The molecule has 3 rings (SSSR count). The summed E-state index contributed by atoms with van der Waals surface area (Å²) in [6.07, 6.45) is 2.07. The highest BCUT2D eigenvalue weighted by molar-refractivity contribution is 7.85. The molecule has 1 unspecified atom stereocenters. The lowest BCUT2D eigenvalue weighted by molar-refractivity contribution is 0.193. The Labute approximate surface area is 205 Å². The second-order valence-corrected chi connectivity index (χ2v) is 15.7. The molecule has 0 saturated heterocycles. The highest BCUT2D eigenvalue weighted by Crippen LogP contribution is 2.38. The van der Waals surface area contributed by atoms with E-state index in [1.165, 1.54) is 16.4 Å². The van der Waals surface area contributed by atoms with E-state index in [9.17, 15) is 13.0 Å². The fourth-order valence-corrected chi connectivity index (χ4v) is 10.3. The summed E-state index contributed by atoms with van der Waals surface area (Å²) in [6.45, 7) is 10.8. The van der Waals surface area contributed by atoms with Crippen LogP contribution in [0.15, 0.2) is 83.8 Å². The van der Waals surface area contributed by atoms with Crippen LogP contribution >= 0.6 is 0 Å². The minimum atomic E-state index is -4.25. The number of hydrogen-bond donors (Lipinski definition) is 1. The molecule has 4 nitrogen and oxygen atoms in total. The van der Waals surface area contributed by atoms with Crippen LogP contribution in [0.2, 0.25) is 5.04 Å². The summed E-state index contributed by atoms with van der Waals surface area (Å²) >= 11 is 0. The van der Waals surface area contributed by atoms with Gasteiger partial charge in [0.15, 0.2) is 0 Å². The predicted molar refractivity (Wildman–Crippen MR) is 142 cm³/mol. The van der Waals surface area contributed by atoms with E-state index in [0.29, 0.717) is 12.0 Å². The molecule has 0 amide bonds. The van der Waals surface area contributed by atoms with E-state index < -0.39 is 18.4 Å². The van der Waals surface area contributed by atoms with E-state index in [-0.39, 0.29) is 16.0 Å². The fraction of sp³-hybridized carbons (Fsp3) is 0.357. The summed E-state index contributed by atoms with van der Waals surface area (Å²) in [7, 11) is -6.87. The third-order valence-electron chi connectivity index (χ3n) is 6.35. The predicted octanol–water partition coefficient (Wildman–Crippen LogP) is 5.53. The summed E-state index contributed by atoms with van der Waals surface area (Å²) in [5.74, 6) is 0. The van der Waals surface area contributed by atoms with Gasteiger partial charge >= 0.3 is 0 Å². The van der Waals surface area contributed by atoms with Gasteiger partial charge in [0.1, 0.15) is 0 Å². The van der Waals surface area contributed by atoms with Gasteiger partial charge < -0.3 is 4.43 Å². The van der Waals surface area contributed by atoms with Crippen LogP contribution in [0.25, 0.3) is 0 Å². The van der Waals surface area contributed by atoms with Crippen molar-refractivity contribution >= 4 is 28.8 Å². The van der Waals surface area contributed by atoms with Gasteiger partial charge in [-0.15, -0.1) is 0 Å². The first-order valence-corrected chi connectivity index (χ1v) is 15.2. The molecule has 1 N–H and O–H groups in total. The molecule has 0 saturated carbocycles. The summed E-state index contributed by atoms with van der Waals surface area (Å²) in [6, 6.07) is 26.2. The molecule has 182 valence electrons. The number of benzene rings is 3. The van der Waals surface area contributed by atoms with Crippen LogP contribution in [0.4, 0.5) is 0 Å². The average molecular weight is 497 g/mol. The molecule has 0 fully saturated rings. The van der Waals surface area contributed by atoms with Crippen molar-refractivity contribution in [3.05, 3.63) is 90.0 Å². The van der Waals surface area contributed by atoms with E-state index in [0.717, 1.165) is 18.4 Å². The minimum Gasteiger partial charge on any atom is -0.405 e. The first kappa shape index (κ1) is 26.4. The van der Waals surface area contributed by atoms with Gasteiger partial charge in [-0.25, -0.2) is 0 Å². The van der Waals surface area contributed by atoms with Gasteiger partial charge in [0.2, 0.25) is 0 Å². The van der Waals surface area contributed by atoms with E-state index in [1.54, 1.807) is 6.07 Å². The molecule has 34 heavy (non-hydrogen) atoms. The molecule has 0 aliphatic rings. The molecule has 3 aromatic rings. The Morgan fingerprint density at radius 2 is 1.44 bits per heavy atom. The van der Waals surface area contributed by atoms with Crippen LogP contribution in [0, 0.1) is 6.92 Å². The fourth-order valence-electron chi connectivity index (χ4n) is 4.79. The van der Waals surface area contributed by atoms with Crippen LogP contribution in [-0.4, -0.2) is 27.4 Å². The Balaban J connectivity index is 1.87. The van der Waals surface area contributed by atoms with E-state index in [4.69, 9.17) is 4.43 Å². The van der Waals surface area contributed by atoms with Crippen LogP contribution in [0.3, 0.4) is 0 Å². The van der Waals surface area contributed by atoms with Crippen molar-refractivity contribution in [3.8, 4) is 0 Å². The third-order valence-corrected chi connectivity index (χ3v) is 12.5. The third kappa shape index (κ3) is 5.86. The maximum atomic E-state index is 11.8. The molecule has 6 heteroatoms. The van der Waals surface area contributed by atoms with Crippen molar-refractivity contribution in [2.24, 2.45) is 0 Å². The Morgan fingerprint density at radius 3 is 1.91 bits per heavy atom. The molecule has 0 aliphatic heterocycles. The largest absolute Gasteiger partial charge is 0.405 e. The van der Waals surface area contributed by atoms with Crippen molar-refractivity contribution in [1.29, 1.82) is 0 Å². The molecule has 0 bridgehead atoms. The standard InChI is InChI=1S/C28H36O4SSi/c1-22-19-20-27(33(29,30)31)24(21-22)14-12-13-23(2)32-34(28(3,4)5,25-15-8-6-9-16-25)26-17-10-7-11-18-26/h6-11,15-21,23H,12-14H2,1-5H3,(H,29,30,31). The zero-order chi connectivity index (χ0) is 25.0. The first-order valence-electron chi connectivity index (χ1n) is 11.8. The molecule has 0 spiro atoms. The van der Waals surface area contributed by atoms with E-state index >= 15 is 0 Å². The van der Waals surface area contributed by atoms with Gasteiger partial charge in [-0.2, -0.15) is 8.42 Å². The molecule has 0 radical (unpaired) electrons. The summed E-state index contributed by atoms with van der Waals surface area (Å²) in [5.41, 5.74) is 1.62. The van der Waals surface area contributed by atoms with Crippen molar-refractivity contribution in [2.75, 3.05) is 0 Å². The molecule has 3 aromatic carbocycles. The summed E-state index contributed by atoms with van der Waals surface area (Å²) in [5, 5.41) is 2.39. The average Bonchev–Trinajstić information content (AvgIpc) is 2.77. The van der Waals surface area contributed by atoms with Gasteiger partial charge in [0.25, 0.3) is 18.4 Å². The number of hydrogen-bond acceptors (Lipinski definition) is 3. The van der Waals surface area contributed by atoms with E-state index in [2.05, 4.69) is 76.2 Å². The second kappa shape index (κ2) is 10.6. The van der Waals surface area contributed by atoms with Crippen LogP contribution in [-0.2, 0) is 21.0 Å². The lowest BCUT2D eigenvalue weighted by Gasteiger charge is -2.44. The topological polar surface area (TPSA) is 63.6 Å². The van der Waals surface area contributed by atoms with Crippen LogP contribution in [0.1, 0.15) is 51.7 Å². The molecule has 0 aromatic heterocycles. The zero-order valence-electron chi connectivity index (χ0n) is 20.8. The normalized spacial score (nSPS) is 13.6. The maximum absolute atomic E-state index is 11.8. The highest BCUT2D eigenvalue weighted by Gasteiger charge is 2.50. The first-order chi connectivity index (χ1) is 15.9. The molecule has 1 atom stereocenters. The van der Waals surface area contributed by atoms with Gasteiger partial charge in [-0.05, 0) is 60.2 Å². The number of rotatable bonds is 9. The SMILES string of the molecule is Cc1ccc(S(=O)(=O)O)c(CCCC(C)O[Si](c2ccccc2)(c2ccccc2)C(C)(C)C)c1. The van der Waals surface area contributed by atoms with Gasteiger partial charge in [-0.1, -0.05) is 99.1 Å². The maximum Gasteiger partial charge on any atom is 0.294 e. The van der Waals surface area contributed by atoms with Crippen molar-refractivity contribution < 1.29 is 17.4 Å². The summed E-state index contributed by atoms with van der Waals surface area (Å²) < 4.78 is 40.3. The molecular weight excluding hydrogens is 460 g/mol. The Bertz CT molecular complexity index is 1150. The van der Waals surface area contributed by atoms with Crippen LogP contribution in [0.5, 0.6) is 0 Å². The quantitative estimate of drug-likeness (QED) is 0.313. The Morgan fingerprint density at radius 1 is 0.912 bits per heavy atom. The Hall–Kier alpha value is -2.25. The van der Waals surface area contributed by atoms with Crippen molar-refractivity contribution in [2.45, 2.75) is 69.9 Å². The zero-order valence-corrected chi connectivity index (χ0v) is 22.6. The second-order valence-electron chi connectivity index (χ2n) is 10.1. The molecule has 0 heterocycles. The van der Waals surface area contributed by atoms with Crippen molar-refractivity contribution in [1.82, 2.24) is 0 Å². The smallest absolute Gasteiger partial charge is 0.294 e. The molecule has 0 aliphatic carbocycles. The summed E-state index contributed by atoms with van der Waals surface area (Å²) in [4.78, 5) is -0.00124. The van der Waals surface area contributed by atoms with Crippen molar-refractivity contribution in [3.63, 3.8) is 0 Å². The van der Waals surface area contributed by atoms with Crippen LogP contribution < -0.4 is 10.4 Å². The van der Waals surface area contributed by atoms with Gasteiger partial charge in [0.05, 0.1) is 4.90 Å². The lowest BCUT2D eigenvalue weighted by Crippen LogP contribution is -2.67. The number of aryl methyl sites for hydroxylation is 2. The van der Waals surface area contributed by atoms with Gasteiger partial charge in [-0.3, -0.25) is 4.55 Å². The lowest BCUT2D eigenvalue weighted by atomic mass is 10.0. The highest BCUT2D eigenvalue weighted by atomic mass is 32.2. The monoisotopic (exact) mass is 496 g/mol.